The van der Waals surface area contributed by atoms with Crippen LogP contribution in [0.3, 0.4) is 0 Å². The summed E-state index contributed by atoms with van der Waals surface area (Å²) in [6.45, 7) is 3.62. The third-order valence-corrected chi connectivity index (χ3v) is 5.17. The number of quaternary nitrogens is 1. The van der Waals surface area contributed by atoms with Crippen molar-refractivity contribution in [3.05, 3.63) is 42.5 Å². The molecule has 114 valence electrons. The Bertz CT molecular complexity index is 686. The molecule has 0 saturated carbocycles. The molecular formula is C18H22N3O+. The van der Waals surface area contributed by atoms with Gasteiger partial charge in [-0.2, -0.15) is 0 Å². The van der Waals surface area contributed by atoms with Gasteiger partial charge >= 0.3 is 6.03 Å². The van der Waals surface area contributed by atoms with E-state index in [9.17, 15) is 4.79 Å². The van der Waals surface area contributed by atoms with Crippen LogP contribution < -0.4 is 15.5 Å². The van der Waals surface area contributed by atoms with E-state index in [0.29, 0.717) is 12.0 Å². The van der Waals surface area contributed by atoms with E-state index < -0.39 is 0 Å². The van der Waals surface area contributed by atoms with E-state index in [1.165, 1.54) is 25.9 Å². The number of amides is 2. The second kappa shape index (κ2) is 5.61. The van der Waals surface area contributed by atoms with Crippen LogP contribution in [0.5, 0.6) is 0 Å². The molecule has 3 aliphatic heterocycles. The van der Waals surface area contributed by atoms with Crippen molar-refractivity contribution >= 4 is 22.5 Å². The quantitative estimate of drug-likeness (QED) is 0.775. The summed E-state index contributed by atoms with van der Waals surface area (Å²) >= 11 is 0. The highest BCUT2D eigenvalue weighted by atomic mass is 16.2. The number of piperidine rings is 3. The van der Waals surface area contributed by atoms with Crippen LogP contribution in [-0.4, -0.2) is 31.7 Å². The molecule has 0 aromatic heterocycles. The van der Waals surface area contributed by atoms with Gasteiger partial charge in [-0.3, -0.25) is 0 Å². The Hall–Kier alpha value is -2.07. The molecule has 2 aromatic rings. The van der Waals surface area contributed by atoms with E-state index in [1.807, 2.05) is 30.3 Å². The van der Waals surface area contributed by atoms with Crippen LogP contribution in [-0.2, 0) is 0 Å². The monoisotopic (exact) mass is 296 g/mol. The minimum atomic E-state index is -0.0745. The number of anilines is 1. The Labute approximate surface area is 130 Å². The average molecular weight is 296 g/mol. The molecule has 4 heteroatoms. The largest absolute Gasteiger partial charge is 0.333 e. The van der Waals surface area contributed by atoms with E-state index in [1.54, 1.807) is 4.90 Å². The van der Waals surface area contributed by atoms with Crippen molar-refractivity contribution in [3.63, 3.8) is 0 Å². The maximum atomic E-state index is 12.4. The smallest absolute Gasteiger partial charge is 0.319 e. The Morgan fingerprint density at radius 3 is 2.59 bits per heavy atom. The molecule has 0 unspecified atom stereocenters. The summed E-state index contributed by atoms with van der Waals surface area (Å²) in [6, 6.07) is 14.4. The van der Waals surface area contributed by atoms with Gasteiger partial charge in [0.1, 0.15) is 0 Å². The fourth-order valence-electron chi connectivity index (χ4n) is 3.96. The number of rotatable bonds is 2. The maximum absolute atomic E-state index is 12.4. The van der Waals surface area contributed by atoms with Gasteiger partial charge in [0.2, 0.25) is 0 Å². The zero-order valence-electron chi connectivity index (χ0n) is 12.6. The maximum Gasteiger partial charge on any atom is 0.319 e. The normalized spacial score (nSPS) is 26.8. The lowest BCUT2D eigenvalue weighted by Gasteiger charge is -2.41. The van der Waals surface area contributed by atoms with Gasteiger partial charge in [-0.05, 0) is 17.4 Å². The summed E-state index contributed by atoms with van der Waals surface area (Å²) < 4.78 is 0. The summed E-state index contributed by atoms with van der Waals surface area (Å²) in [5.41, 5.74) is 0.879. The molecule has 22 heavy (non-hydrogen) atoms. The van der Waals surface area contributed by atoms with Gasteiger partial charge in [-0.15, -0.1) is 0 Å². The Balaban J connectivity index is 1.47. The van der Waals surface area contributed by atoms with Crippen LogP contribution in [0.2, 0.25) is 0 Å². The first kappa shape index (κ1) is 13.6. The molecule has 0 radical (unpaired) electrons. The number of carbonyl (C=O) groups is 1. The van der Waals surface area contributed by atoms with Gasteiger partial charge in [-0.1, -0.05) is 36.4 Å². The van der Waals surface area contributed by atoms with Gasteiger partial charge in [0.25, 0.3) is 0 Å². The third-order valence-electron chi connectivity index (χ3n) is 5.17. The molecule has 1 atom stereocenters. The third kappa shape index (κ3) is 2.55. The van der Waals surface area contributed by atoms with Crippen molar-refractivity contribution in [2.45, 2.75) is 18.9 Å². The summed E-state index contributed by atoms with van der Waals surface area (Å²) in [5.74, 6) is 0.663. The number of carbonyl (C=O) groups excluding carboxylic acids is 1. The molecule has 2 aromatic carbocycles. The number of hydrogen-bond donors (Lipinski definition) is 3. The summed E-state index contributed by atoms with van der Waals surface area (Å²) in [6.07, 6.45) is 2.49. The van der Waals surface area contributed by atoms with E-state index in [-0.39, 0.29) is 6.03 Å². The molecule has 2 bridgehead atoms. The molecular weight excluding hydrogens is 274 g/mol. The zero-order valence-corrected chi connectivity index (χ0v) is 12.6. The van der Waals surface area contributed by atoms with E-state index >= 15 is 0 Å². The van der Waals surface area contributed by atoms with E-state index in [0.717, 1.165) is 23.0 Å². The second-order valence-corrected chi connectivity index (χ2v) is 6.52. The van der Waals surface area contributed by atoms with Gasteiger partial charge in [0.15, 0.2) is 0 Å². The number of hydrogen-bond acceptors (Lipinski definition) is 1. The van der Waals surface area contributed by atoms with Crippen molar-refractivity contribution in [2.24, 2.45) is 5.92 Å². The lowest BCUT2D eigenvalue weighted by molar-refractivity contribution is -0.917. The molecule has 0 aliphatic carbocycles. The molecule has 4 nitrogen and oxygen atoms in total. The minimum Gasteiger partial charge on any atom is -0.333 e. The van der Waals surface area contributed by atoms with Crippen molar-refractivity contribution in [1.29, 1.82) is 0 Å². The van der Waals surface area contributed by atoms with Crippen LogP contribution >= 0.6 is 0 Å². The van der Waals surface area contributed by atoms with Gasteiger partial charge in [0.05, 0.1) is 31.4 Å². The molecule has 3 N–H and O–H groups in total. The Kier molecular flexibility index (Phi) is 3.47. The number of benzene rings is 2. The molecule has 2 amide bonds. The highest BCUT2D eigenvalue weighted by Gasteiger charge is 2.38. The number of urea groups is 1. The lowest BCUT2D eigenvalue weighted by Crippen LogP contribution is -3.17. The van der Waals surface area contributed by atoms with Gasteiger partial charge < -0.3 is 15.5 Å². The van der Waals surface area contributed by atoms with Gasteiger partial charge in [-0.25, -0.2) is 4.79 Å². The molecule has 3 aliphatic rings. The average Bonchev–Trinajstić information content (AvgIpc) is 2.56. The topological polar surface area (TPSA) is 45.6 Å². The summed E-state index contributed by atoms with van der Waals surface area (Å²) in [5, 5.41) is 8.45. The first-order chi connectivity index (χ1) is 10.8. The highest BCUT2D eigenvalue weighted by molar-refractivity contribution is 6.01. The standard InChI is InChI=1S/C18H21N3O/c22-18(20-17-12-21-10-8-14(17)9-11-21)19-16-7-3-5-13-4-1-2-6-15(13)16/h1-7,14,17H,8-12H2,(H2,19,20,22)/p+1/t17-/m0/s1. The van der Waals surface area contributed by atoms with E-state index in [2.05, 4.69) is 22.8 Å². The predicted molar refractivity (Wildman–Crippen MR) is 88.2 cm³/mol. The fourth-order valence-corrected chi connectivity index (χ4v) is 3.96. The first-order valence-corrected chi connectivity index (χ1v) is 8.18. The van der Waals surface area contributed by atoms with E-state index in [4.69, 9.17) is 0 Å². The fraction of sp³-hybridized carbons (Fsp3) is 0.389. The number of fused-ring (bicyclic) bond motifs is 4. The predicted octanol–water partition coefficient (Wildman–Crippen LogP) is 1.64. The second-order valence-electron chi connectivity index (χ2n) is 6.52. The van der Waals surface area contributed by atoms with Gasteiger partial charge in [0, 0.05) is 18.2 Å². The van der Waals surface area contributed by atoms with Crippen molar-refractivity contribution < 1.29 is 9.69 Å². The molecule has 3 fully saturated rings. The Morgan fingerprint density at radius 2 is 1.82 bits per heavy atom. The summed E-state index contributed by atoms with van der Waals surface area (Å²) in [7, 11) is 0. The molecule has 3 saturated heterocycles. The van der Waals surface area contributed by atoms with Crippen molar-refractivity contribution in [1.82, 2.24) is 5.32 Å². The summed E-state index contributed by atoms with van der Waals surface area (Å²) in [4.78, 5) is 14.0. The number of nitrogens with one attached hydrogen (secondary N) is 3. The highest BCUT2D eigenvalue weighted by Crippen LogP contribution is 2.23. The minimum absolute atomic E-state index is 0.0745. The molecule has 5 rings (SSSR count). The van der Waals surface area contributed by atoms with Crippen LogP contribution in [0, 0.1) is 5.92 Å². The van der Waals surface area contributed by atoms with Crippen LogP contribution in [0.4, 0.5) is 10.5 Å². The lowest BCUT2D eigenvalue weighted by atomic mass is 9.84. The van der Waals surface area contributed by atoms with Crippen LogP contribution in [0.1, 0.15) is 12.8 Å². The van der Waals surface area contributed by atoms with Crippen molar-refractivity contribution in [2.75, 3.05) is 25.0 Å². The molecule has 3 heterocycles. The van der Waals surface area contributed by atoms with Crippen LogP contribution in [0.15, 0.2) is 42.5 Å². The SMILES string of the molecule is O=C(Nc1cccc2ccccc12)N[C@H]1C[NH+]2CCC1CC2. The van der Waals surface area contributed by atoms with Crippen LogP contribution in [0.25, 0.3) is 10.8 Å². The Morgan fingerprint density at radius 1 is 1.05 bits per heavy atom. The van der Waals surface area contributed by atoms with Crippen molar-refractivity contribution in [3.8, 4) is 0 Å². The molecule has 0 spiro atoms. The zero-order chi connectivity index (χ0) is 14.9. The first-order valence-electron chi connectivity index (χ1n) is 8.18.